The number of rotatable bonds is 9. The number of thiophene rings is 1. The van der Waals surface area contributed by atoms with Gasteiger partial charge in [-0.05, 0) is 60.5 Å². The molecule has 1 aromatic carbocycles. The molecule has 0 N–H and O–H groups in total. The highest BCUT2D eigenvalue weighted by Crippen LogP contribution is 2.34. The number of carbonyl (C=O) groups excluding carboxylic acids is 2. The molecule has 0 radical (unpaired) electrons. The second-order valence-electron chi connectivity index (χ2n) is 8.65. The molecule has 6 nitrogen and oxygen atoms in total. The lowest BCUT2D eigenvalue weighted by atomic mass is 10.00. The number of ether oxygens (including phenoxy) is 2. The molecule has 2 heterocycles. The first kappa shape index (κ1) is 23.7. The Morgan fingerprint density at radius 3 is 2.67 bits per heavy atom. The SMILES string of the molecule is COCCN(CC(=O)N1CCc2sccc2C1COc1ccc(F)cc1)C(=O)C1CCCC1. The summed E-state index contributed by atoms with van der Waals surface area (Å²) in [4.78, 5) is 31.3. The topological polar surface area (TPSA) is 59.1 Å². The molecule has 0 bridgehead atoms. The second-order valence-corrected chi connectivity index (χ2v) is 9.65. The summed E-state index contributed by atoms with van der Waals surface area (Å²) in [7, 11) is 1.60. The highest BCUT2D eigenvalue weighted by Gasteiger charge is 2.35. The van der Waals surface area contributed by atoms with Crippen molar-refractivity contribution in [2.45, 2.75) is 38.1 Å². The van der Waals surface area contributed by atoms with Crippen LogP contribution in [0.15, 0.2) is 35.7 Å². The molecule has 0 saturated heterocycles. The van der Waals surface area contributed by atoms with Crippen molar-refractivity contribution in [3.63, 3.8) is 0 Å². The molecule has 4 rings (SSSR count). The molecular weight excluding hydrogens is 443 g/mol. The van der Waals surface area contributed by atoms with E-state index >= 15 is 0 Å². The van der Waals surface area contributed by atoms with E-state index in [1.807, 2.05) is 16.3 Å². The summed E-state index contributed by atoms with van der Waals surface area (Å²) in [5.74, 6) is 0.230. The van der Waals surface area contributed by atoms with E-state index in [0.717, 1.165) is 37.7 Å². The molecule has 2 amide bonds. The van der Waals surface area contributed by atoms with Crippen molar-refractivity contribution in [1.29, 1.82) is 0 Å². The number of amides is 2. The van der Waals surface area contributed by atoms with Crippen LogP contribution in [0, 0.1) is 11.7 Å². The van der Waals surface area contributed by atoms with Crippen molar-refractivity contribution in [2.75, 3.05) is 40.0 Å². The predicted molar refractivity (Wildman–Crippen MR) is 125 cm³/mol. The van der Waals surface area contributed by atoms with Crippen LogP contribution in [0.25, 0.3) is 0 Å². The van der Waals surface area contributed by atoms with Crippen LogP contribution >= 0.6 is 11.3 Å². The molecule has 2 aromatic rings. The lowest BCUT2D eigenvalue weighted by Gasteiger charge is -2.37. The van der Waals surface area contributed by atoms with Gasteiger partial charge in [-0.2, -0.15) is 0 Å². The minimum atomic E-state index is -0.319. The summed E-state index contributed by atoms with van der Waals surface area (Å²) in [6.45, 7) is 1.71. The van der Waals surface area contributed by atoms with Crippen LogP contribution in [-0.2, 0) is 20.7 Å². The van der Waals surface area contributed by atoms with Gasteiger partial charge in [-0.1, -0.05) is 12.8 Å². The number of carbonyl (C=O) groups is 2. The van der Waals surface area contributed by atoms with E-state index in [1.165, 1.54) is 17.0 Å². The first-order chi connectivity index (χ1) is 16.1. The molecule has 2 aliphatic rings. The first-order valence-electron chi connectivity index (χ1n) is 11.6. The third-order valence-corrected chi connectivity index (χ3v) is 7.54. The van der Waals surface area contributed by atoms with E-state index in [1.54, 1.807) is 35.5 Å². The minimum absolute atomic E-state index is 0.0112. The maximum Gasteiger partial charge on any atom is 0.242 e. The zero-order valence-corrected chi connectivity index (χ0v) is 19.8. The Hall–Kier alpha value is -2.45. The number of fused-ring (bicyclic) bond motifs is 1. The van der Waals surface area contributed by atoms with E-state index in [9.17, 15) is 14.0 Å². The van der Waals surface area contributed by atoms with Gasteiger partial charge in [0.15, 0.2) is 0 Å². The molecule has 1 aromatic heterocycles. The Labute approximate surface area is 198 Å². The lowest BCUT2D eigenvalue weighted by molar-refractivity contribution is -0.145. The van der Waals surface area contributed by atoms with Gasteiger partial charge in [0.25, 0.3) is 0 Å². The number of benzene rings is 1. The standard InChI is InChI=1S/C25H31FN2O4S/c1-31-14-13-27(25(30)18-4-2-3-5-18)16-24(29)28-12-10-23-21(11-15-33-23)22(28)17-32-20-8-6-19(26)7-9-20/h6-9,11,15,18,22H,2-5,10,12-14,16-17H2,1H3. The van der Waals surface area contributed by atoms with Gasteiger partial charge in [-0.25, -0.2) is 4.39 Å². The molecule has 1 atom stereocenters. The predicted octanol–water partition coefficient (Wildman–Crippen LogP) is 4.06. The quantitative estimate of drug-likeness (QED) is 0.550. The molecule has 33 heavy (non-hydrogen) atoms. The van der Waals surface area contributed by atoms with E-state index in [-0.39, 0.29) is 42.7 Å². The van der Waals surface area contributed by atoms with Crippen molar-refractivity contribution >= 4 is 23.2 Å². The molecule has 1 aliphatic heterocycles. The van der Waals surface area contributed by atoms with Crippen molar-refractivity contribution in [1.82, 2.24) is 9.80 Å². The summed E-state index contributed by atoms with van der Waals surface area (Å²) in [5, 5.41) is 2.04. The smallest absolute Gasteiger partial charge is 0.242 e. The maximum atomic E-state index is 13.5. The van der Waals surface area contributed by atoms with E-state index in [0.29, 0.717) is 25.4 Å². The molecule has 1 saturated carbocycles. The van der Waals surface area contributed by atoms with Gasteiger partial charge in [0, 0.05) is 31.0 Å². The highest BCUT2D eigenvalue weighted by molar-refractivity contribution is 7.10. The maximum absolute atomic E-state index is 13.5. The van der Waals surface area contributed by atoms with Gasteiger partial charge >= 0.3 is 0 Å². The number of nitrogens with zero attached hydrogens (tertiary/aromatic N) is 2. The van der Waals surface area contributed by atoms with Gasteiger partial charge in [0.1, 0.15) is 18.2 Å². The lowest BCUT2D eigenvalue weighted by Crippen LogP contribution is -2.49. The third kappa shape index (κ3) is 5.73. The van der Waals surface area contributed by atoms with E-state index in [2.05, 4.69) is 0 Å². The monoisotopic (exact) mass is 474 g/mol. The van der Waals surface area contributed by atoms with Crippen LogP contribution in [0.5, 0.6) is 5.75 Å². The van der Waals surface area contributed by atoms with Crippen molar-refractivity contribution < 1.29 is 23.5 Å². The summed E-state index contributed by atoms with van der Waals surface area (Å²) in [5.41, 5.74) is 1.09. The Bertz CT molecular complexity index is 942. The molecule has 1 unspecified atom stereocenters. The van der Waals surface area contributed by atoms with Crippen molar-refractivity contribution in [3.05, 3.63) is 52.0 Å². The normalized spacial score (nSPS) is 18.2. The van der Waals surface area contributed by atoms with Crippen LogP contribution in [0.1, 0.15) is 42.2 Å². The van der Waals surface area contributed by atoms with Crippen LogP contribution < -0.4 is 4.74 Å². The summed E-state index contributed by atoms with van der Waals surface area (Å²) in [6.07, 6.45) is 4.72. The minimum Gasteiger partial charge on any atom is -0.491 e. The fraction of sp³-hybridized carbons (Fsp3) is 0.520. The first-order valence-corrected chi connectivity index (χ1v) is 12.5. The summed E-state index contributed by atoms with van der Waals surface area (Å²) in [6, 6.07) is 7.69. The van der Waals surface area contributed by atoms with Crippen LogP contribution in [-0.4, -0.2) is 61.6 Å². The molecule has 0 spiro atoms. The third-order valence-electron chi connectivity index (χ3n) is 6.54. The molecule has 178 valence electrons. The van der Waals surface area contributed by atoms with Crippen molar-refractivity contribution in [2.24, 2.45) is 5.92 Å². The van der Waals surface area contributed by atoms with Gasteiger partial charge < -0.3 is 19.3 Å². The molecular formula is C25H31FN2O4S. The molecule has 8 heteroatoms. The molecule has 1 fully saturated rings. The number of hydrogen-bond donors (Lipinski definition) is 0. The zero-order chi connectivity index (χ0) is 23.2. The number of halogens is 1. The average Bonchev–Trinajstić information content (AvgIpc) is 3.53. The van der Waals surface area contributed by atoms with Gasteiger partial charge in [-0.3, -0.25) is 9.59 Å². The van der Waals surface area contributed by atoms with E-state index < -0.39 is 0 Å². The Morgan fingerprint density at radius 2 is 1.94 bits per heavy atom. The number of hydrogen-bond acceptors (Lipinski definition) is 5. The van der Waals surface area contributed by atoms with Crippen LogP contribution in [0.3, 0.4) is 0 Å². The van der Waals surface area contributed by atoms with Crippen LogP contribution in [0.4, 0.5) is 4.39 Å². The fourth-order valence-electron chi connectivity index (χ4n) is 4.73. The number of methoxy groups -OCH3 is 1. The highest BCUT2D eigenvalue weighted by atomic mass is 32.1. The zero-order valence-electron chi connectivity index (χ0n) is 19.0. The van der Waals surface area contributed by atoms with Gasteiger partial charge in [-0.15, -0.1) is 11.3 Å². The van der Waals surface area contributed by atoms with Crippen LogP contribution in [0.2, 0.25) is 0 Å². The van der Waals surface area contributed by atoms with Gasteiger partial charge in [0.05, 0.1) is 19.2 Å². The summed E-state index contributed by atoms with van der Waals surface area (Å²) < 4.78 is 24.4. The van der Waals surface area contributed by atoms with Gasteiger partial charge in [0.2, 0.25) is 11.8 Å². The Kier molecular flexibility index (Phi) is 7.98. The second kappa shape index (κ2) is 11.1. The molecule has 1 aliphatic carbocycles. The Morgan fingerprint density at radius 1 is 1.18 bits per heavy atom. The fourth-order valence-corrected chi connectivity index (χ4v) is 5.66. The largest absolute Gasteiger partial charge is 0.491 e. The Balaban J connectivity index is 1.48. The van der Waals surface area contributed by atoms with Crippen molar-refractivity contribution in [3.8, 4) is 5.75 Å². The summed E-state index contributed by atoms with van der Waals surface area (Å²) >= 11 is 1.69. The average molecular weight is 475 g/mol. The van der Waals surface area contributed by atoms with E-state index in [4.69, 9.17) is 9.47 Å².